The Morgan fingerprint density at radius 3 is 2.03 bits per heavy atom. The Labute approximate surface area is 173 Å². The van der Waals surface area contributed by atoms with E-state index >= 15 is 0 Å². The first-order valence-corrected chi connectivity index (χ1v) is 9.43. The first-order chi connectivity index (χ1) is 14.2. The minimum absolute atomic E-state index is 0.210. The summed E-state index contributed by atoms with van der Waals surface area (Å²) < 4.78 is 44.5. The molecule has 1 amide bonds. The van der Waals surface area contributed by atoms with Crippen LogP contribution in [0.4, 0.5) is 18.9 Å². The van der Waals surface area contributed by atoms with Gasteiger partial charge in [0.25, 0.3) is 5.91 Å². The van der Waals surface area contributed by atoms with Gasteiger partial charge in [0.05, 0.1) is 11.3 Å². The van der Waals surface area contributed by atoms with E-state index in [1.54, 1.807) is 12.1 Å². The van der Waals surface area contributed by atoms with Crippen molar-refractivity contribution >= 4 is 11.6 Å². The molecule has 1 N–H and O–H groups in total. The molecular formula is C24H22F3NO2. The van der Waals surface area contributed by atoms with Gasteiger partial charge in [-0.1, -0.05) is 68.4 Å². The Morgan fingerprint density at radius 1 is 0.833 bits per heavy atom. The molecule has 0 saturated heterocycles. The average molecular weight is 413 g/mol. The van der Waals surface area contributed by atoms with Gasteiger partial charge in [-0.15, -0.1) is 0 Å². The second kappa shape index (κ2) is 8.61. The van der Waals surface area contributed by atoms with Gasteiger partial charge in [-0.25, -0.2) is 0 Å². The number of halogens is 3. The van der Waals surface area contributed by atoms with Crippen molar-refractivity contribution in [3.63, 3.8) is 0 Å². The van der Waals surface area contributed by atoms with Crippen molar-refractivity contribution in [2.24, 2.45) is 0 Å². The lowest BCUT2D eigenvalue weighted by atomic mass is 9.78. The molecule has 156 valence electrons. The molecule has 0 radical (unpaired) electrons. The van der Waals surface area contributed by atoms with Gasteiger partial charge in [0, 0.05) is 5.41 Å². The zero-order valence-corrected chi connectivity index (χ0v) is 16.7. The van der Waals surface area contributed by atoms with Crippen molar-refractivity contribution in [2.75, 3.05) is 11.9 Å². The van der Waals surface area contributed by atoms with E-state index < -0.39 is 24.3 Å². The number of nitrogens with one attached hydrogen (secondary N) is 1. The van der Waals surface area contributed by atoms with Crippen LogP contribution in [-0.2, 0) is 16.4 Å². The highest BCUT2D eigenvalue weighted by molar-refractivity contribution is 5.92. The number of para-hydroxylation sites is 1. The molecular weight excluding hydrogens is 391 g/mol. The van der Waals surface area contributed by atoms with Crippen LogP contribution >= 0.6 is 0 Å². The largest absolute Gasteiger partial charge is 0.484 e. The van der Waals surface area contributed by atoms with Gasteiger partial charge >= 0.3 is 6.18 Å². The quantitative estimate of drug-likeness (QED) is 0.534. The second-order valence-corrected chi connectivity index (χ2v) is 7.40. The van der Waals surface area contributed by atoms with Crippen molar-refractivity contribution in [3.8, 4) is 5.75 Å². The molecule has 0 heterocycles. The Morgan fingerprint density at radius 2 is 1.40 bits per heavy atom. The number of anilines is 1. The summed E-state index contributed by atoms with van der Waals surface area (Å²) in [5.41, 5.74) is 0.841. The minimum Gasteiger partial charge on any atom is -0.484 e. The third-order valence-corrected chi connectivity index (χ3v) is 4.95. The number of carbonyl (C=O) groups excluding carboxylic acids is 1. The molecule has 3 nitrogen and oxygen atoms in total. The number of hydrogen-bond donors (Lipinski definition) is 1. The van der Waals surface area contributed by atoms with E-state index in [4.69, 9.17) is 4.74 Å². The van der Waals surface area contributed by atoms with Gasteiger partial charge in [0.1, 0.15) is 5.75 Å². The zero-order valence-electron chi connectivity index (χ0n) is 16.7. The van der Waals surface area contributed by atoms with E-state index in [9.17, 15) is 18.0 Å². The van der Waals surface area contributed by atoms with Crippen LogP contribution in [-0.4, -0.2) is 12.5 Å². The molecule has 0 unspecified atom stereocenters. The number of carbonyl (C=O) groups is 1. The molecule has 0 aliphatic heterocycles. The fourth-order valence-electron chi connectivity index (χ4n) is 3.16. The zero-order chi connectivity index (χ0) is 21.8. The molecule has 0 bridgehead atoms. The Kier molecular flexibility index (Phi) is 6.15. The highest BCUT2D eigenvalue weighted by Crippen LogP contribution is 2.35. The van der Waals surface area contributed by atoms with Crippen LogP contribution in [0, 0.1) is 0 Å². The molecule has 0 aromatic heterocycles. The van der Waals surface area contributed by atoms with E-state index in [0.29, 0.717) is 5.75 Å². The van der Waals surface area contributed by atoms with E-state index in [-0.39, 0.29) is 11.1 Å². The van der Waals surface area contributed by atoms with Gasteiger partial charge in [-0.2, -0.15) is 13.2 Å². The lowest BCUT2D eigenvalue weighted by Crippen LogP contribution is -2.22. The maximum atomic E-state index is 13.0. The summed E-state index contributed by atoms with van der Waals surface area (Å²) in [7, 11) is 0. The van der Waals surface area contributed by atoms with Crippen molar-refractivity contribution in [3.05, 3.63) is 95.6 Å². The number of ether oxygens (including phenoxy) is 1. The van der Waals surface area contributed by atoms with Crippen LogP contribution in [0.25, 0.3) is 0 Å². The van der Waals surface area contributed by atoms with Gasteiger partial charge < -0.3 is 10.1 Å². The normalized spacial score (nSPS) is 11.8. The second-order valence-electron chi connectivity index (χ2n) is 7.40. The van der Waals surface area contributed by atoms with E-state index in [2.05, 4.69) is 31.3 Å². The lowest BCUT2D eigenvalue weighted by Gasteiger charge is -2.26. The Balaban J connectivity index is 1.63. The summed E-state index contributed by atoms with van der Waals surface area (Å²) in [6.07, 6.45) is -4.55. The summed E-state index contributed by atoms with van der Waals surface area (Å²) in [5, 5.41) is 2.26. The predicted octanol–water partition coefficient (Wildman–Crippen LogP) is 6.05. The van der Waals surface area contributed by atoms with E-state index in [1.807, 2.05) is 30.3 Å². The maximum Gasteiger partial charge on any atom is 0.418 e. The fraction of sp³-hybridized carbons (Fsp3) is 0.208. The molecule has 30 heavy (non-hydrogen) atoms. The van der Waals surface area contributed by atoms with Crippen LogP contribution in [0.2, 0.25) is 0 Å². The minimum atomic E-state index is -4.55. The molecule has 3 aromatic rings. The molecule has 0 atom stereocenters. The van der Waals surface area contributed by atoms with Crippen molar-refractivity contribution in [1.82, 2.24) is 0 Å². The van der Waals surface area contributed by atoms with Crippen LogP contribution in [0.1, 0.15) is 30.5 Å². The van der Waals surface area contributed by atoms with Crippen LogP contribution in [0.5, 0.6) is 5.75 Å². The average Bonchev–Trinajstić information content (AvgIpc) is 2.73. The monoisotopic (exact) mass is 413 g/mol. The molecule has 0 saturated carbocycles. The molecule has 0 aliphatic rings. The standard InChI is InChI=1S/C24H22F3NO2/c1-23(2,17-8-4-3-5-9-17)18-12-14-19(15-13-18)30-16-22(29)28-21-11-7-6-10-20(21)24(25,26)27/h3-15H,16H2,1-2H3,(H,28,29). The molecule has 3 aromatic carbocycles. The number of benzene rings is 3. The summed E-state index contributed by atoms with van der Waals surface area (Å²) in [5.74, 6) is -0.206. The fourth-order valence-corrected chi connectivity index (χ4v) is 3.16. The van der Waals surface area contributed by atoms with Crippen molar-refractivity contribution in [1.29, 1.82) is 0 Å². The number of rotatable bonds is 6. The molecule has 0 spiro atoms. The smallest absolute Gasteiger partial charge is 0.418 e. The van der Waals surface area contributed by atoms with Gasteiger partial charge in [0.2, 0.25) is 0 Å². The van der Waals surface area contributed by atoms with Gasteiger partial charge in [-0.05, 0) is 35.4 Å². The van der Waals surface area contributed by atoms with Gasteiger partial charge in [-0.3, -0.25) is 4.79 Å². The first kappa shape index (κ1) is 21.4. The van der Waals surface area contributed by atoms with Crippen molar-refractivity contribution in [2.45, 2.75) is 25.4 Å². The summed E-state index contributed by atoms with van der Waals surface area (Å²) in [6, 6.07) is 22.2. The Bertz CT molecular complexity index is 997. The van der Waals surface area contributed by atoms with Gasteiger partial charge in [0.15, 0.2) is 6.61 Å². The first-order valence-electron chi connectivity index (χ1n) is 9.43. The number of hydrogen-bond acceptors (Lipinski definition) is 2. The number of amides is 1. The highest BCUT2D eigenvalue weighted by atomic mass is 19.4. The maximum absolute atomic E-state index is 13.0. The molecule has 0 fully saturated rings. The van der Waals surface area contributed by atoms with E-state index in [0.717, 1.165) is 11.6 Å². The predicted molar refractivity (Wildman–Crippen MR) is 111 cm³/mol. The third-order valence-electron chi connectivity index (χ3n) is 4.95. The Hall–Kier alpha value is -3.28. The van der Waals surface area contributed by atoms with Crippen molar-refractivity contribution < 1.29 is 22.7 Å². The summed E-state index contributed by atoms with van der Waals surface area (Å²) in [4.78, 5) is 12.1. The third kappa shape index (κ3) is 5.00. The molecule has 6 heteroatoms. The molecule has 0 aliphatic carbocycles. The summed E-state index contributed by atoms with van der Waals surface area (Å²) in [6.45, 7) is 3.83. The lowest BCUT2D eigenvalue weighted by molar-refractivity contribution is -0.137. The highest BCUT2D eigenvalue weighted by Gasteiger charge is 2.33. The van der Waals surface area contributed by atoms with Crippen LogP contribution in [0.15, 0.2) is 78.9 Å². The molecule has 3 rings (SSSR count). The topological polar surface area (TPSA) is 38.3 Å². The van der Waals surface area contributed by atoms with Crippen LogP contribution in [0.3, 0.4) is 0 Å². The van der Waals surface area contributed by atoms with E-state index in [1.165, 1.54) is 23.8 Å². The summed E-state index contributed by atoms with van der Waals surface area (Å²) >= 11 is 0. The number of alkyl halides is 3. The van der Waals surface area contributed by atoms with Crippen LogP contribution < -0.4 is 10.1 Å². The SMILES string of the molecule is CC(C)(c1ccccc1)c1ccc(OCC(=O)Nc2ccccc2C(F)(F)F)cc1.